The first-order valence-electron chi connectivity index (χ1n) is 5.78. The Labute approximate surface area is 108 Å². The molecule has 1 rings (SSSR count). The zero-order valence-corrected chi connectivity index (χ0v) is 10.3. The van der Waals surface area contributed by atoms with Gasteiger partial charge >= 0.3 is 6.18 Å². The third-order valence-corrected chi connectivity index (χ3v) is 2.47. The van der Waals surface area contributed by atoms with E-state index in [0.29, 0.717) is 0 Å². The number of alkyl halides is 3. The van der Waals surface area contributed by atoms with E-state index in [2.05, 4.69) is 0 Å². The molecule has 0 aliphatic heterocycles. The van der Waals surface area contributed by atoms with Gasteiger partial charge in [-0.3, -0.25) is 4.79 Å². The highest BCUT2D eigenvalue weighted by Crippen LogP contribution is 2.21. The van der Waals surface area contributed by atoms with Crippen LogP contribution in [-0.2, 0) is 4.74 Å². The van der Waals surface area contributed by atoms with Crippen LogP contribution < -0.4 is 0 Å². The van der Waals surface area contributed by atoms with Gasteiger partial charge in [0.1, 0.15) is 11.9 Å². The first-order chi connectivity index (χ1) is 8.79. The second kappa shape index (κ2) is 6.65. The van der Waals surface area contributed by atoms with E-state index < -0.39 is 24.5 Å². The Bertz CT molecular complexity index is 412. The number of rotatable bonds is 6. The van der Waals surface area contributed by atoms with Crippen LogP contribution >= 0.6 is 0 Å². The Morgan fingerprint density at radius 1 is 1.26 bits per heavy atom. The monoisotopic (exact) mass is 278 g/mol. The first-order valence-corrected chi connectivity index (χ1v) is 5.78. The molecule has 1 aromatic rings. The van der Waals surface area contributed by atoms with E-state index in [4.69, 9.17) is 4.74 Å². The number of ether oxygens (including phenoxy) is 1. The minimum absolute atomic E-state index is 0.145. The van der Waals surface area contributed by atoms with Crippen LogP contribution in [0, 0.1) is 5.82 Å². The molecule has 106 valence electrons. The lowest BCUT2D eigenvalue weighted by atomic mass is 10.1. The van der Waals surface area contributed by atoms with Gasteiger partial charge in [0.2, 0.25) is 0 Å². The highest BCUT2D eigenvalue weighted by atomic mass is 19.4. The van der Waals surface area contributed by atoms with Crippen LogP contribution in [0.15, 0.2) is 24.3 Å². The lowest BCUT2D eigenvalue weighted by Crippen LogP contribution is -2.22. The molecule has 0 radical (unpaired) electrons. The molecule has 0 aliphatic carbocycles. The zero-order chi connectivity index (χ0) is 14.5. The van der Waals surface area contributed by atoms with Crippen LogP contribution in [0.25, 0.3) is 0 Å². The molecule has 0 N–H and O–H groups in total. The van der Waals surface area contributed by atoms with Crippen molar-refractivity contribution in [2.45, 2.75) is 32.0 Å². The number of hydrogen-bond acceptors (Lipinski definition) is 2. The predicted molar refractivity (Wildman–Crippen MR) is 61.4 cm³/mol. The average Bonchev–Trinajstić information content (AvgIpc) is 2.33. The Balaban J connectivity index is 2.39. The van der Waals surface area contributed by atoms with E-state index in [-0.39, 0.29) is 24.4 Å². The van der Waals surface area contributed by atoms with Gasteiger partial charge in [-0.05, 0) is 37.6 Å². The predicted octanol–water partition coefficient (Wildman–Crippen LogP) is 3.76. The normalized spacial score (nSPS) is 13.3. The van der Waals surface area contributed by atoms with E-state index in [0.717, 1.165) is 12.1 Å². The fourth-order valence-electron chi connectivity index (χ4n) is 1.46. The molecule has 0 heterocycles. The van der Waals surface area contributed by atoms with Crippen molar-refractivity contribution >= 4 is 5.78 Å². The standard InChI is InChI=1S/C13H14F4O2/c1-9(19-8-2-7-13(15,16)17)12(18)10-3-5-11(14)6-4-10/h3-6,9H,2,7-8H2,1H3. The van der Waals surface area contributed by atoms with Crippen molar-refractivity contribution in [1.29, 1.82) is 0 Å². The Morgan fingerprint density at radius 3 is 2.37 bits per heavy atom. The molecule has 2 nitrogen and oxygen atoms in total. The number of halogens is 4. The van der Waals surface area contributed by atoms with Crippen molar-refractivity contribution < 1.29 is 27.1 Å². The summed E-state index contributed by atoms with van der Waals surface area (Å²) in [6, 6.07) is 4.91. The summed E-state index contributed by atoms with van der Waals surface area (Å²) >= 11 is 0. The van der Waals surface area contributed by atoms with Gasteiger partial charge in [0.25, 0.3) is 0 Å². The van der Waals surface area contributed by atoms with E-state index in [9.17, 15) is 22.4 Å². The van der Waals surface area contributed by atoms with Gasteiger partial charge in [-0.1, -0.05) is 0 Å². The molecule has 0 saturated carbocycles. The van der Waals surface area contributed by atoms with E-state index in [1.165, 1.54) is 19.1 Å². The van der Waals surface area contributed by atoms with Gasteiger partial charge in [0.05, 0.1) is 0 Å². The van der Waals surface area contributed by atoms with E-state index in [1.807, 2.05) is 0 Å². The largest absolute Gasteiger partial charge is 0.389 e. The van der Waals surface area contributed by atoms with Crippen molar-refractivity contribution in [3.63, 3.8) is 0 Å². The van der Waals surface area contributed by atoms with Crippen molar-refractivity contribution in [3.05, 3.63) is 35.6 Å². The lowest BCUT2D eigenvalue weighted by molar-refractivity contribution is -0.138. The SMILES string of the molecule is CC(OCCCC(F)(F)F)C(=O)c1ccc(F)cc1. The molecule has 1 aromatic carbocycles. The second-order valence-corrected chi connectivity index (χ2v) is 4.10. The summed E-state index contributed by atoms with van der Waals surface area (Å²) in [5, 5.41) is 0. The summed E-state index contributed by atoms with van der Waals surface area (Å²) in [7, 11) is 0. The Morgan fingerprint density at radius 2 is 1.84 bits per heavy atom. The summed E-state index contributed by atoms with van der Waals surface area (Å²) in [6.07, 6.45) is -6.19. The highest BCUT2D eigenvalue weighted by molar-refractivity contribution is 5.99. The minimum Gasteiger partial charge on any atom is -0.370 e. The number of ketones is 1. The molecule has 0 aliphatic rings. The molecule has 0 aromatic heterocycles. The number of carbonyl (C=O) groups excluding carboxylic acids is 1. The van der Waals surface area contributed by atoms with Crippen molar-refractivity contribution in [1.82, 2.24) is 0 Å². The van der Waals surface area contributed by atoms with Gasteiger partial charge < -0.3 is 4.74 Å². The lowest BCUT2D eigenvalue weighted by Gasteiger charge is -2.12. The van der Waals surface area contributed by atoms with Crippen molar-refractivity contribution in [2.24, 2.45) is 0 Å². The second-order valence-electron chi connectivity index (χ2n) is 4.10. The quantitative estimate of drug-likeness (QED) is 0.450. The maximum absolute atomic E-state index is 12.7. The molecule has 0 amide bonds. The van der Waals surface area contributed by atoms with Crippen LogP contribution in [0.4, 0.5) is 17.6 Å². The molecular weight excluding hydrogens is 264 g/mol. The molecule has 0 spiro atoms. The molecular formula is C13H14F4O2. The molecule has 1 unspecified atom stereocenters. The smallest absolute Gasteiger partial charge is 0.370 e. The van der Waals surface area contributed by atoms with Crippen LogP contribution in [-0.4, -0.2) is 24.7 Å². The summed E-state index contributed by atoms with van der Waals surface area (Å²) in [5.41, 5.74) is 0.268. The molecule has 1 atom stereocenters. The first kappa shape index (κ1) is 15.6. The number of carbonyl (C=O) groups is 1. The minimum atomic E-state index is -4.21. The van der Waals surface area contributed by atoms with Crippen LogP contribution in [0.3, 0.4) is 0 Å². The topological polar surface area (TPSA) is 26.3 Å². The molecule has 0 saturated heterocycles. The molecule has 19 heavy (non-hydrogen) atoms. The third-order valence-electron chi connectivity index (χ3n) is 2.47. The van der Waals surface area contributed by atoms with Gasteiger partial charge in [-0.25, -0.2) is 4.39 Å². The summed E-state index contributed by atoms with van der Waals surface area (Å²) < 4.78 is 53.4. The van der Waals surface area contributed by atoms with E-state index in [1.54, 1.807) is 0 Å². The van der Waals surface area contributed by atoms with Crippen LogP contribution in [0.1, 0.15) is 30.1 Å². The van der Waals surface area contributed by atoms with Crippen molar-refractivity contribution in [2.75, 3.05) is 6.61 Å². The van der Waals surface area contributed by atoms with Gasteiger partial charge in [0.15, 0.2) is 5.78 Å². The van der Waals surface area contributed by atoms with Gasteiger partial charge in [0, 0.05) is 18.6 Å². The summed E-state index contributed by atoms with van der Waals surface area (Å²) in [5.74, 6) is -0.845. The van der Waals surface area contributed by atoms with Crippen molar-refractivity contribution in [3.8, 4) is 0 Å². The number of Topliss-reactive ketones (excluding diaryl/α,β-unsaturated/α-hetero) is 1. The number of hydrogen-bond donors (Lipinski definition) is 0. The summed E-state index contributed by atoms with van der Waals surface area (Å²) in [6.45, 7) is 1.31. The van der Waals surface area contributed by atoms with Gasteiger partial charge in [-0.2, -0.15) is 13.2 Å². The maximum Gasteiger partial charge on any atom is 0.389 e. The van der Waals surface area contributed by atoms with Crippen LogP contribution in [0.2, 0.25) is 0 Å². The highest BCUT2D eigenvalue weighted by Gasteiger charge is 2.26. The fourth-order valence-corrected chi connectivity index (χ4v) is 1.46. The molecule has 6 heteroatoms. The van der Waals surface area contributed by atoms with Crippen LogP contribution in [0.5, 0.6) is 0 Å². The fraction of sp³-hybridized carbons (Fsp3) is 0.462. The van der Waals surface area contributed by atoms with E-state index >= 15 is 0 Å². The number of benzene rings is 1. The Hall–Kier alpha value is -1.43. The third kappa shape index (κ3) is 5.83. The maximum atomic E-state index is 12.7. The van der Waals surface area contributed by atoms with Gasteiger partial charge in [-0.15, -0.1) is 0 Å². The molecule has 0 bridgehead atoms. The molecule has 0 fully saturated rings. The zero-order valence-electron chi connectivity index (χ0n) is 10.3. The Kier molecular flexibility index (Phi) is 5.47. The average molecular weight is 278 g/mol. The summed E-state index contributed by atoms with van der Waals surface area (Å²) in [4.78, 5) is 11.8.